The van der Waals surface area contributed by atoms with Crippen LogP contribution in [0.25, 0.3) is 10.8 Å². The molecule has 0 fully saturated rings. The average Bonchev–Trinajstić information content (AvgIpc) is 2.38. The average molecular weight is 279 g/mol. The molecule has 0 saturated carbocycles. The van der Waals surface area contributed by atoms with E-state index in [-0.39, 0.29) is 10.9 Å². The lowest BCUT2D eigenvalue weighted by atomic mass is 10.0. The molecule has 0 saturated heterocycles. The number of anilines is 1. The van der Waals surface area contributed by atoms with Gasteiger partial charge in [0.2, 0.25) is 0 Å². The predicted octanol–water partition coefficient (Wildman–Crippen LogP) is 4.06. The highest BCUT2D eigenvalue weighted by atomic mass is 35.5. The number of pyridine rings is 1. The molecule has 1 unspecified atom stereocenters. The summed E-state index contributed by atoms with van der Waals surface area (Å²) in [6.07, 6.45) is 1.80. The van der Waals surface area contributed by atoms with Crippen molar-refractivity contribution in [1.29, 1.82) is 0 Å². The van der Waals surface area contributed by atoms with Crippen LogP contribution in [-0.4, -0.2) is 23.0 Å². The van der Waals surface area contributed by atoms with Gasteiger partial charge < -0.3 is 10.1 Å². The number of nitrogens with one attached hydrogen (secondary N) is 1. The Labute approximate surface area is 118 Å². The normalized spacial score (nSPS) is 13.3. The standard InChI is InChI=1S/C15H19ClN2O/c1-10(16)15(2,3)18-14-13-9-12(19-4)6-5-11(13)7-8-17-14/h5-10H,1-4H3,(H,17,18). The fraction of sp³-hybridized carbons (Fsp3) is 0.400. The Morgan fingerprint density at radius 2 is 2.05 bits per heavy atom. The van der Waals surface area contributed by atoms with E-state index < -0.39 is 0 Å². The highest BCUT2D eigenvalue weighted by Crippen LogP contribution is 2.29. The van der Waals surface area contributed by atoms with Crippen molar-refractivity contribution in [2.75, 3.05) is 12.4 Å². The van der Waals surface area contributed by atoms with Gasteiger partial charge >= 0.3 is 0 Å². The van der Waals surface area contributed by atoms with Crippen LogP contribution >= 0.6 is 11.6 Å². The number of methoxy groups -OCH3 is 1. The van der Waals surface area contributed by atoms with Crippen LogP contribution < -0.4 is 10.1 Å². The first-order valence-corrected chi connectivity index (χ1v) is 6.72. The van der Waals surface area contributed by atoms with Crippen molar-refractivity contribution in [3.63, 3.8) is 0 Å². The second-order valence-corrected chi connectivity index (χ2v) is 5.86. The minimum Gasteiger partial charge on any atom is -0.497 e. The number of fused-ring (bicyclic) bond motifs is 1. The molecule has 1 heterocycles. The van der Waals surface area contributed by atoms with E-state index in [2.05, 4.69) is 24.1 Å². The maximum absolute atomic E-state index is 6.21. The highest BCUT2D eigenvalue weighted by molar-refractivity contribution is 6.21. The van der Waals surface area contributed by atoms with Crippen LogP contribution in [0.5, 0.6) is 5.75 Å². The predicted molar refractivity (Wildman–Crippen MR) is 81.3 cm³/mol. The van der Waals surface area contributed by atoms with Crippen LogP contribution in [0, 0.1) is 0 Å². The molecule has 102 valence electrons. The van der Waals surface area contributed by atoms with Gasteiger partial charge in [0, 0.05) is 17.1 Å². The van der Waals surface area contributed by atoms with Crippen molar-refractivity contribution in [1.82, 2.24) is 4.98 Å². The van der Waals surface area contributed by atoms with Crippen molar-refractivity contribution in [3.8, 4) is 5.75 Å². The van der Waals surface area contributed by atoms with Gasteiger partial charge in [-0.25, -0.2) is 4.98 Å². The Bertz CT molecular complexity index is 581. The summed E-state index contributed by atoms with van der Waals surface area (Å²) in [4.78, 5) is 4.42. The fourth-order valence-electron chi connectivity index (χ4n) is 1.78. The summed E-state index contributed by atoms with van der Waals surface area (Å²) in [6, 6.07) is 7.94. The Hall–Kier alpha value is -1.48. The van der Waals surface area contributed by atoms with E-state index in [1.165, 1.54) is 0 Å². The quantitative estimate of drug-likeness (QED) is 0.857. The topological polar surface area (TPSA) is 34.1 Å². The number of hydrogen-bond acceptors (Lipinski definition) is 3. The van der Waals surface area contributed by atoms with E-state index in [0.29, 0.717) is 0 Å². The molecule has 19 heavy (non-hydrogen) atoms. The summed E-state index contributed by atoms with van der Waals surface area (Å²) in [6.45, 7) is 6.09. The first-order chi connectivity index (χ1) is 8.94. The van der Waals surface area contributed by atoms with E-state index >= 15 is 0 Å². The third kappa shape index (κ3) is 2.92. The second-order valence-electron chi connectivity index (χ2n) is 5.21. The van der Waals surface area contributed by atoms with Crippen molar-refractivity contribution in [2.24, 2.45) is 0 Å². The van der Waals surface area contributed by atoms with Gasteiger partial charge in [-0.3, -0.25) is 0 Å². The van der Waals surface area contributed by atoms with Crippen molar-refractivity contribution >= 4 is 28.2 Å². The zero-order valence-corrected chi connectivity index (χ0v) is 12.5. The van der Waals surface area contributed by atoms with Crippen molar-refractivity contribution < 1.29 is 4.74 Å². The molecular weight excluding hydrogens is 260 g/mol. The first-order valence-electron chi connectivity index (χ1n) is 6.29. The SMILES string of the molecule is COc1ccc2ccnc(NC(C)(C)C(C)Cl)c2c1. The maximum Gasteiger partial charge on any atom is 0.134 e. The molecule has 0 bridgehead atoms. The molecule has 1 aromatic heterocycles. The minimum absolute atomic E-state index is 0.0184. The molecule has 1 N–H and O–H groups in total. The zero-order valence-electron chi connectivity index (χ0n) is 11.7. The molecule has 0 spiro atoms. The van der Waals surface area contributed by atoms with Gasteiger partial charge in [-0.05, 0) is 44.4 Å². The molecule has 1 aromatic carbocycles. The maximum atomic E-state index is 6.21. The monoisotopic (exact) mass is 278 g/mol. The number of benzene rings is 1. The van der Waals surface area contributed by atoms with Gasteiger partial charge in [-0.2, -0.15) is 0 Å². The molecule has 0 aliphatic rings. The number of rotatable bonds is 4. The number of nitrogens with zero attached hydrogens (tertiary/aromatic N) is 1. The van der Waals surface area contributed by atoms with Gasteiger partial charge in [0.25, 0.3) is 0 Å². The highest BCUT2D eigenvalue weighted by Gasteiger charge is 2.24. The Morgan fingerprint density at radius 1 is 1.32 bits per heavy atom. The molecule has 4 heteroatoms. The fourth-order valence-corrected chi connectivity index (χ4v) is 1.83. The summed E-state index contributed by atoms with van der Waals surface area (Å²) in [5, 5.41) is 5.55. The largest absolute Gasteiger partial charge is 0.497 e. The van der Waals surface area contributed by atoms with Gasteiger partial charge in [-0.1, -0.05) is 6.07 Å². The molecule has 0 aliphatic carbocycles. The number of hydrogen-bond donors (Lipinski definition) is 1. The van der Waals surface area contributed by atoms with Gasteiger partial charge in [0.15, 0.2) is 0 Å². The Morgan fingerprint density at radius 3 is 2.68 bits per heavy atom. The lowest BCUT2D eigenvalue weighted by Gasteiger charge is -2.30. The van der Waals surface area contributed by atoms with Gasteiger partial charge in [-0.15, -0.1) is 11.6 Å². The van der Waals surface area contributed by atoms with Crippen LogP contribution in [0.4, 0.5) is 5.82 Å². The summed E-state index contributed by atoms with van der Waals surface area (Å²) in [7, 11) is 1.66. The van der Waals surface area contributed by atoms with Crippen LogP contribution in [-0.2, 0) is 0 Å². The molecule has 0 radical (unpaired) electrons. The lowest BCUT2D eigenvalue weighted by molar-refractivity contribution is 0.415. The lowest BCUT2D eigenvalue weighted by Crippen LogP contribution is -2.39. The number of alkyl halides is 1. The molecule has 1 atom stereocenters. The molecule has 3 nitrogen and oxygen atoms in total. The van der Waals surface area contributed by atoms with Crippen LogP contribution in [0.15, 0.2) is 30.5 Å². The third-order valence-corrected chi connectivity index (χ3v) is 3.95. The molecule has 2 rings (SSSR count). The molecule has 0 amide bonds. The summed E-state index contributed by atoms with van der Waals surface area (Å²) < 4.78 is 5.27. The number of ether oxygens (including phenoxy) is 1. The minimum atomic E-state index is -0.244. The molecule has 0 aliphatic heterocycles. The van der Waals surface area contributed by atoms with Gasteiger partial charge in [0.05, 0.1) is 12.5 Å². The van der Waals surface area contributed by atoms with E-state index in [0.717, 1.165) is 22.3 Å². The van der Waals surface area contributed by atoms with Crippen LogP contribution in [0.3, 0.4) is 0 Å². The van der Waals surface area contributed by atoms with Crippen molar-refractivity contribution in [2.45, 2.75) is 31.7 Å². The summed E-state index contributed by atoms with van der Waals surface area (Å²) in [5.74, 6) is 1.65. The Balaban J connectivity index is 2.48. The molecule has 2 aromatic rings. The van der Waals surface area contributed by atoms with Crippen LogP contribution in [0.1, 0.15) is 20.8 Å². The van der Waals surface area contributed by atoms with Gasteiger partial charge in [0.1, 0.15) is 11.6 Å². The van der Waals surface area contributed by atoms with E-state index in [1.54, 1.807) is 13.3 Å². The Kier molecular flexibility index (Phi) is 3.85. The second kappa shape index (κ2) is 5.25. The van der Waals surface area contributed by atoms with Crippen molar-refractivity contribution in [3.05, 3.63) is 30.5 Å². The third-order valence-electron chi connectivity index (χ3n) is 3.41. The van der Waals surface area contributed by atoms with Crippen LogP contribution in [0.2, 0.25) is 0 Å². The van der Waals surface area contributed by atoms with E-state index in [9.17, 15) is 0 Å². The first kappa shape index (κ1) is 13.9. The summed E-state index contributed by atoms with van der Waals surface area (Å²) >= 11 is 6.21. The van der Waals surface area contributed by atoms with E-state index in [4.69, 9.17) is 16.3 Å². The summed E-state index contributed by atoms with van der Waals surface area (Å²) in [5.41, 5.74) is -0.244. The number of halogens is 1. The van der Waals surface area contributed by atoms with E-state index in [1.807, 2.05) is 31.2 Å². The zero-order chi connectivity index (χ0) is 14.0. The molecular formula is C15H19ClN2O. The number of aromatic nitrogens is 1. The smallest absolute Gasteiger partial charge is 0.134 e.